The van der Waals surface area contributed by atoms with E-state index in [1.54, 1.807) is 17.0 Å². The average molecular weight is 380 g/mol. The van der Waals surface area contributed by atoms with E-state index in [-0.39, 0.29) is 16.7 Å². The number of nitrogens with one attached hydrogen (secondary N) is 1. The molecule has 1 fully saturated rings. The minimum Gasteiger partial charge on any atom is -0.398 e. The zero-order chi connectivity index (χ0) is 19.6. The standard InChI is InChI=1S/C19H26ClN3O3/c1-11(24)15-6-5-9-23(15)18(26)16(19(2,3)4)22-17(25)12-7-8-14(21)13(20)10-12/h7-8,10,15-16H,5-6,9,21H2,1-4H3,(H,22,25)/t15-,16+/m0/s1. The van der Waals surface area contributed by atoms with Crippen LogP contribution in [0.15, 0.2) is 18.2 Å². The summed E-state index contributed by atoms with van der Waals surface area (Å²) in [5, 5.41) is 3.10. The number of nitrogen functional groups attached to an aromatic ring is 1. The van der Waals surface area contributed by atoms with Gasteiger partial charge in [-0.3, -0.25) is 14.4 Å². The molecule has 142 valence electrons. The third kappa shape index (κ3) is 4.36. The molecule has 2 amide bonds. The first kappa shape index (κ1) is 20.2. The lowest BCUT2D eigenvalue weighted by atomic mass is 9.85. The molecule has 1 saturated heterocycles. The number of likely N-dealkylation sites (tertiary alicyclic amines) is 1. The number of Topliss-reactive ketones (excluding diaryl/α,β-unsaturated/α-hetero) is 1. The molecule has 6 nitrogen and oxygen atoms in total. The number of amides is 2. The Morgan fingerprint density at radius 2 is 1.96 bits per heavy atom. The fourth-order valence-corrected chi connectivity index (χ4v) is 3.33. The minimum atomic E-state index is -0.758. The Hall–Kier alpha value is -2.08. The van der Waals surface area contributed by atoms with Crippen LogP contribution >= 0.6 is 11.6 Å². The van der Waals surface area contributed by atoms with Gasteiger partial charge in [0.25, 0.3) is 5.91 Å². The number of ketones is 1. The van der Waals surface area contributed by atoms with E-state index in [9.17, 15) is 14.4 Å². The number of rotatable bonds is 4. The molecule has 0 aromatic heterocycles. The second-order valence-electron chi connectivity index (χ2n) is 7.81. The molecule has 0 unspecified atom stereocenters. The van der Waals surface area contributed by atoms with Crippen molar-refractivity contribution in [2.75, 3.05) is 12.3 Å². The van der Waals surface area contributed by atoms with Crippen molar-refractivity contribution >= 4 is 34.9 Å². The third-order valence-corrected chi connectivity index (χ3v) is 4.98. The van der Waals surface area contributed by atoms with Gasteiger partial charge in [-0.15, -0.1) is 0 Å². The maximum Gasteiger partial charge on any atom is 0.252 e. The molecule has 0 spiro atoms. The summed E-state index contributed by atoms with van der Waals surface area (Å²) in [6.45, 7) is 7.66. The Morgan fingerprint density at radius 3 is 2.50 bits per heavy atom. The van der Waals surface area contributed by atoms with Crippen molar-refractivity contribution in [2.24, 2.45) is 5.41 Å². The first-order valence-corrected chi connectivity index (χ1v) is 9.07. The molecule has 7 heteroatoms. The van der Waals surface area contributed by atoms with Crippen molar-refractivity contribution in [1.29, 1.82) is 0 Å². The Balaban J connectivity index is 2.24. The molecule has 26 heavy (non-hydrogen) atoms. The predicted molar refractivity (Wildman–Crippen MR) is 102 cm³/mol. The van der Waals surface area contributed by atoms with Gasteiger partial charge in [0.15, 0.2) is 5.78 Å². The van der Waals surface area contributed by atoms with E-state index < -0.39 is 23.4 Å². The number of hydrogen-bond donors (Lipinski definition) is 2. The van der Waals surface area contributed by atoms with Crippen LogP contribution in [0.1, 0.15) is 50.9 Å². The second kappa shape index (κ2) is 7.66. The van der Waals surface area contributed by atoms with Gasteiger partial charge in [0.1, 0.15) is 6.04 Å². The predicted octanol–water partition coefficient (Wildman–Crippen LogP) is 2.65. The van der Waals surface area contributed by atoms with E-state index >= 15 is 0 Å². The number of nitrogens with two attached hydrogens (primary N) is 1. The van der Waals surface area contributed by atoms with Gasteiger partial charge in [0.2, 0.25) is 5.91 Å². The molecule has 1 aliphatic heterocycles. The summed E-state index contributed by atoms with van der Waals surface area (Å²) in [4.78, 5) is 39.2. The maximum absolute atomic E-state index is 13.1. The van der Waals surface area contributed by atoms with E-state index in [2.05, 4.69) is 5.32 Å². The number of benzene rings is 1. The highest BCUT2D eigenvalue weighted by Crippen LogP contribution is 2.27. The molecular weight excluding hydrogens is 354 g/mol. The first-order chi connectivity index (χ1) is 12.0. The fraction of sp³-hybridized carbons (Fsp3) is 0.526. The first-order valence-electron chi connectivity index (χ1n) is 8.69. The average Bonchev–Trinajstić information content (AvgIpc) is 3.03. The Labute approximate surface area is 159 Å². The van der Waals surface area contributed by atoms with Crippen LogP contribution in [0.4, 0.5) is 5.69 Å². The summed E-state index contributed by atoms with van der Waals surface area (Å²) in [5.74, 6) is -0.663. The van der Waals surface area contributed by atoms with Gasteiger partial charge < -0.3 is 16.0 Å². The van der Waals surface area contributed by atoms with Gasteiger partial charge >= 0.3 is 0 Å². The molecule has 1 aromatic rings. The Bertz CT molecular complexity index is 727. The van der Waals surface area contributed by atoms with Crippen molar-refractivity contribution in [3.63, 3.8) is 0 Å². The van der Waals surface area contributed by atoms with Crippen molar-refractivity contribution in [2.45, 2.75) is 52.6 Å². The molecule has 0 aliphatic carbocycles. The van der Waals surface area contributed by atoms with E-state index in [1.807, 2.05) is 20.8 Å². The summed E-state index contributed by atoms with van der Waals surface area (Å²) in [7, 11) is 0. The van der Waals surface area contributed by atoms with E-state index in [0.717, 1.165) is 6.42 Å². The molecule has 2 atom stereocenters. The SMILES string of the molecule is CC(=O)[C@@H]1CCCN1C(=O)[C@@H](NC(=O)c1ccc(N)c(Cl)c1)C(C)(C)C. The number of carbonyl (C=O) groups excluding carboxylic acids is 3. The number of anilines is 1. The lowest BCUT2D eigenvalue weighted by Gasteiger charge is -2.35. The fourth-order valence-electron chi connectivity index (χ4n) is 3.15. The molecule has 2 rings (SSSR count). The Morgan fingerprint density at radius 1 is 1.31 bits per heavy atom. The van der Waals surface area contributed by atoms with Crippen molar-refractivity contribution in [3.05, 3.63) is 28.8 Å². The largest absolute Gasteiger partial charge is 0.398 e. The van der Waals surface area contributed by atoms with Crippen LogP contribution in [0, 0.1) is 5.41 Å². The van der Waals surface area contributed by atoms with Crippen LogP contribution in [0.25, 0.3) is 0 Å². The molecule has 3 N–H and O–H groups in total. The molecule has 1 heterocycles. The third-order valence-electron chi connectivity index (χ3n) is 4.66. The van der Waals surface area contributed by atoms with E-state index in [4.69, 9.17) is 17.3 Å². The molecule has 1 aliphatic rings. The van der Waals surface area contributed by atoms with Crippen LogP contribution in [-0.2, 0) is 9.59 Å². The maximum atomic E-state index is 13.1. The van der Waals surface area contributed by atoms with Crippen LogP contribution < -0.4 is 11.1 Å². The van der Waals surface area contributed by atoms with Crippen molar-refractivity contribution in [3.8, 4) is 0 Å². The van der Waals surface area contributed by atoms with Crippen molar-refractivity contribution in [1.82, 2.24) is 10.2 Å². The molecule has 0 saturated carbocycles. The zero-order valence-electron chi connectivity index (χ0n) is 15.6. The Kier molecular flexibility index (Phi) is 5.96. The second-order valence-corrected chi connectivity index (χ2v) is 8.22. The zero-order valence-corrected chi connectivity index (χ0v) is 16.4. The van der Waals surface area contributed by atoms with E-state index in [0.29, 0.717) is 24.2 Å². The molecule has 0 radical (unpaired) electrons. The lowest BCUT2D eigenvalue weighted by molar-refractivity contribution is -0.140. The monoisotopic (exact) mass is 379 g/mol. The number of halogens is 1. The summed E-state index contributed by atoms with van der Waals surface area (Å²) in [6.07, 6.45) is 1.45. The lowest BCUT2D eigenvalue weighted by Crippen LogP contribution is -2.56. The quantitative estimate of drug-likeness (QED) is 0.786. The van der Waals surface area contributed by atoms with Gasteiger partial charge in [0.05, 0.1) is 16.8 Å². The smallest absolute Gasteiger partial charge is 0.252 e. The normalized spacial score (nSPS) is 18.5. The summed E-state index contributed by atoms with van der Waals surface area (Å²) in [5.41, 5.74) is 5.87. The van der Waals surface area contributed by atoms with Gasteiger partial charge in [-0.2, -0.15) is 0 Å². The van der Waals surface area contributed by atoms with Crippen molar-refractivity contribution < 1.29 is 14.4 Å². The van der Waals surface area contributed by atoms with Gasteiger partial charge in [-0.25, -0.2) is 0 Å². The summed E-state index contributed by atoms with van der Waals surface area (Å²) >= 11 is 5.99. The summed E-state index contributed by atoms with van der Waals surface area (Å²) < 4.78 is 0. The topological polar surface area (TPSA) is 92.5 Å². The number of hydrogen-bond acceptors (Lipinski definition) is 4. The van der Waals surface area contributed by atoms with Crippen LogP contribution in [0.2, 0.25) is 5.02 Å². The number of nitrogens with zero attached hydrogens (tertiary/aromatic N) is 1. The van der Waals surface area contributed by atoms with E-state index in [1.165, 1.54) is 13.0 Å². The van der Waals surface area contributed by atoms with Gasteiger partial charge in [-0.05, 0) is 43.4 Å². The van der Waals surface area contributed by atoms with Crippen LogP contribution in [0.5, 0.6) is 0 Å². The van der Waals surface area contributed by atoms with Crippen LogP contribution in [0.3, 0.4) is 0 Å². The van der Waals surface area contributed by atoms with Gasteiger partial charge in [0, 0.05) is 12.1 Å². The highest BCUT2D eigenvalue weighted by Gasteiger charge is 2.40. The number of carbonyl (C=O) groups is 3. The minimum absolute atomic E-state index is 0.0276. The summed E-state index contributed by atoms with van der Waals surface area (Å²) in [6, 6.07) is 3.43. The van der Waals surface area contributed by atoms with Crippen LogP contribution in [-0.4, -0.2) is 41.1 Å². The highest BCUT2D eigenvalue weighted by atomic mass is 35.5. The molecule has 0 bridgehead atoms. The molecule has 1 aromatic carbocycles. The highest BCUT2D eigenvalue weighted by molar-refractivity contribution is 6.33. The molecular formula is C19H26ClN3O3. The van der Waals surface area contributed by atoms with Gasteiger partial charge in [-0.1, -0.05) is 32.4 Å².